The van der Waals surface area contributed by atoms with Crippen molar-refractivity contribution in [2.45, 2.75) is 0 Å². The van der Waals surface area contributed by atoms with Crippen molar-refractivity contribution in [1.82, 2.24) is 14.9 Å². The molecule has 0 atom stereocenters. The largest absolute Gasteiger partial charge is 0.411 e. The number of nitrogens with zero attached hydrogens (tertiary/aromatic N) is 5. The average molecular weight is 315 g/mol. The molecule has 0 spiro atoms. The molecule has 0 saturated carbocycles. The van der Waals surface area contributed by atoms with E-state index in [9.17, 15) is 9.60 Å². The van der Waals surface area contributed by atoms with E-state index in [1.54, 1.807) is 30.6 Å². The van der Waals surface area contributed by atoms with Gasteiger partial charge in [0, 0.05) is 50.7 Å². The summed E-state index contributed by atoms with van der Waals surface area (Å²) in [5.41, 5.74) is 1.26. The number of aromatic nitrogens is 2. The molecule has 6 nitrogen and oxygen atoms in total. The van der Waals surface area contributed by atoms with E-state index in [2.05, 4.69) is 24.9 Å². The van der Waals surface area contributed by atoms with Crippen molar-refractivity contribution in [1.29, 1.82) is 0 Å². The molecule has 1 aromatic carbocycles. The normalized spacial score (nSPS) is 16.6. The summed E-state index contributed by atoms with van der Waals surface area (Å²) in [6.45, 7) is 3.78. The molecule has 2 heterocycles. The molecule has 1 N–H and O–H groups in total. The van der Waals surface area contributed by atoms with Crippen molar-refractivity contribution >= 4 is 11.7 Å². The van der Waals surface area contributed by atoms with E-state index in [1.165, 1.54) is 12.1 Å². The van der Waals surface area contributed by atoms with Crippen LogP contribution in [-0.2, 0) is 0 Å². The summed E-state index contributed by atoms with van der Waals surface area (Å²) < 4.78 is 13.0. The van der Waals surface area contributed by atoms with Gasteiger partial charge in [0.2, 0.25) is 5.95 Å². The smallest absolute Gasteiger partial charge is 0.225 e. The van der Waals surface area contributed by atoms with E-state index in [4.69, 9.17) is 0 Å². The van der Waals surface area contributed by atoms with Crippen LogP contribution in [-0.4, -0.2) is 58.5 Å². The van der Waals surface area contributed by atoms with E-state index >= 15 is 0 Å². The van der Waals surface area contributed by atoms with Gasteiger partial charge in [-0.15, -0.1) is 0 Å². The van der Waals surface area contributed by atoms with Crippen LogP contribution in [0.4, 0.5) is 10.3 Å². The zero-order valence-corrected chi connectivity index (χ0v) is 12.6. The minimum atomic E-state index is -0.303. The molecular weight excluding hydrogens is 297 g/mol. The molecule has 7 heteroatoms. The van der Waals surface area contributed by atoms with Crippen molar-refractivity contribution in [3.8, 4) is 0 Å². The van der Waals surface area contributed by atoms with E-state index < -0.39 is 0 Å². The second-order valence-corrected chi connectivity index (χ2v) is 5.37. The molecule has 1 saturated heterocycles. The molecule has 0 aliphatic carbocycles. The Morgan fingerprint density at radius 2 is 1.74 bits per heavy atom. The number of anilines is 1. The second kappa shape index (κ2) is 7.15. The molecule has 1 aliphatic heterocycles. The van der Waals surface area contributed by atoms with Gasteiger partial charge < -0.3 is 10.1 Å². The third-order valence-corrected chi connectivity index (χ3v) is 3.88. The average Bonchev–Trinajstić information content (AvgIpc) is 2.62. The number of halogens is 1. The number of hydrogen-bond donors (Lipinski definition) is 1. The van der Waals surface area contributed by atoms with Crippen molar-refractivity contribution in [2.24, 2.45) is 5.16 Å². The predicted octanol–water partition coefficient (Wildman–Crippen LogP) is 1.62. The number of hydrogen-bond acceptors (Lipinski definition) is 6. The highest BCUT2D eigenvalue weighted by molar-refractivity contribution is 6.01. The Morgan fingerprint density at radius 1 is 1.09 bits per heavy atom. The Labute approximate surface area is 133 Å². The fourth-order valence-corrected chi connectivity index (χ4v) is 2.60. The molecular formula is C16H18FN5O. The van der Waals surface area contributed by atoms with Gasteiger partial charge in [0.1, 0.15) is 11.5 Å². The summed E-state index contributed by atoms with van der Waals surface area (Å²) in [5, 5.41) is 12.6. The minimum absolute atomic E-state index is 0.303. The Morgan fingerprint density at radius 3 is 2.35 bits per heavy atom. The standard InChI is InChI=1S/C16H18FN5O/c17-14-4-2-13(3-5-14)15(20-23)12-21-8-10-22(11-9-21)16-18-6-1-7-19-16/h1-7,23H,8-12H2/b20-15+. The number of benzene rings is 1. The topological polar surface area (TPSA) is 64.9 Å². The van der Waals surface area contributed by atoms with Crippen LogP contribution in [0.2, 0.25) is 0 Å². The third kappa shape index (κ3) is 3.81. The van der Waals surface area contributed by atoms with Crippen LogP contribution in [0, 0.1) is 5.82 Å². The highest BCUT2D eigenvalue weighted by atomic mass is 19.1. The third-order valence-electron chi connectivity index (χ3n) is 3.88. The first-order valence-electron chi connectivity index (χ1n) is 7.47. The van der Waals surface area contributed by atoms with Crippen LogP contribution in [0.1, 0.15) is 5.56 Å². The van der Waals surface area contributed by atoms with Gasteiger partial charge in [0.15, 0.2) is 0 Å². The lowest BCUT2D eigenvalue weighted by Gasteiger charge is -2.34. The quantitative estimate of drug-likeness (QED) is 0.528. The number of rotatable bonds is 4. The van der Waals surface area contributed by atoms with Crippen LogP contribution in [0.3, 0.4) is 0 Å². The van der Waals surface area contributed by atoms with Crippen LogP contribution in [0.25, 0.3) is 0 Å². The van der Waals surface area contributed by atoms with Gasteiger partial charge >= 0.3 is 0 Å². The van der Waals surface area contributed by atoms with Crippen molar-refractivity contribution in [2.75, 3.05) is 37.6 Å². The summed E-state index contributed by atoms with van der Waals surface area (Å²) in [5.74, 6) is 0.434. The van der Waals surface area contributed by atoms with Crippen molar-refractivity contribution in [3.05, 3.63) is 54.1 Å². The molecule has 2 aromatic rings. The van der Waals surface area contributed by atoms with Gasteiger partial charge in [-0.1, -0.05) is 17.3 Å². The van der Waals surface area contributed by atoms with Gasteiger partial charge in [0.25, 0.3) is 0 Å². The lowest BCUT2D eigenvalue weighted by Crippen LogP contribution is -2.48. The van der Waals surface area contributed by atoms with Gasteiger partial charge in [-0.05, 0) is 18.2 Å². The fraction of sp³-hybridized carbons (Fsp3) is 0.312. The van der Waals surface area contributed by atoms with Gasteiger partial charge in [-0.2, -0.15) is 0 Å². The number of piperazine rings is 1. The van der Waals surface area contributed by atoms with E-state index in [0.29, 0.717) is 12.3 Å². The zero-order valence-electron chi connectivity index (χ0n) is 12.6. The predicted molar refractivity (Wildman–Crippen MR) is 85.4 cm³/mol. The molecule has 23 heavy (non-hydrogen) atoms. The molecule has 0 unspecified atom stereocenters. The first kappa shape index (κ1) is 15.4. The molecule has 3 rings (SSSR count). The maximum atomic E-state index is 13.0. The molecule has 0 radical (unpaired) electrons. The number of oxime groups is 1. The molecule has 120 valence electrons. The maximum absolute atomic E-state index is 13.0. The Balaban J connectivity index is 1.58. The van der Waals surface area contributed by atoms with E-state index in [1.807, 2.05) is 0 Å². The van der Waals surface area contributed by atoms with Crippen molar-refractivity contribution in [3.63, 3.8) is 0 Å². The van der Waals surface area contributed by atoms with Gasteiger partial charge in [-0.25, -0.2) is 14.4 Å². The molecule has 1 aromatic heterocycles. The maximum Gasteiger partial charge on any atom is 0.225 e. The van der Waals surface area contributed by atoms with Gasteiger partial charge in [-0.3, -0.25) is 4.90 Å². The highest BCUT2D eigenvalue weighted by Gasteiger charge is 2.20. The minimum Gasteiger partial charge on any atom is -0.411 e. The Hall–Kier alpha value is -2.54. The molecule has 0 bridgehead atoms. The Bertz CT molecular complexity index is 654. The van der Waals surface area contributed by atoms with E-state index in [-0.39, 0.29) is 5.82 Å². The summed E-state index contributed by atoms with van der Waals surface area (Å²) in [7, 11) is 0. The van der Waals surface area contributed by atoms with Crippen LogP contribution < -0.4 is 4.90 Å². The van der Waals surface area contributed by atoms with Crippen molar-refractivity contribution < 1.29 is 9.60 Å². The first-order valence-corrected chi connectivity index (χ1v) is 7.47. The summed E-state index contributed by atoms with van der Waals surface area (Å²) >= 11 is 0. The summed E-state index contributed by atoms with van der Waals surface area (Å²) in [6, 6.07) is 7.78. The molecule has 0 amide bonds. The van der Waals surface area contributed by atoms with Crippen LogP contribution in [0.15, 0.2) is 47.9 Å². The monoisotopic (exact) mass is 315 g/mol. The molecule has 1 fully saturated rings. The highest BCUT2D eigenvalue weighted by Crippen LogP contribution is 2.11. The lowest BCUT2D eigenvalue weighted by atomic mass is 10.1. The Kier molecular flexibility index (Phi) is 4.77. The lowest BCUT2D eigenvalue weighted by molar-refractivity contribution is 0.279. The van der Waals surface area contributed by atoms with Crippen LogP contribution >= 0.6 is 0 Å². The second-order valence-electron chi connectivity index (χ2n) is 5.37. The van der Waals surface area contributed by atoms with Gasteiger partial charge in [0.05, 0.1) is 0 Å². The zero-order chi connectivity index (χ0) is 16.1. The fourth-order valence-electron chi connectivity index (χ4n) is 2.60. The SMILES string of the molecule is O/N=C(\CN1CCN(c2ncccn2)CC1)c1ccc(F)cc1. The summed E-state index contributed by atoms with van der Waals surface area (Å²) in [6.07, 6.45) is 3.47. The van der Waals surface area contributed by atoms with E-state index in [0.717, 1.165) is 37.7 Å². The molecule has 1 aliphatic rings. The van der Waals surface area contributed by atoms with Crippen LogP contribution in [0.5, 0.6) is 0 Å². The summed E-state index contributed by atoms with van der Waals surface area (Å²) in [4.78, 5) is 12.8. The first-order chi connectivity index (χ1) is 11.3.